The molecule has 3 aromatic rings. The molecule has 1 amide bonds. The second-order valence-corrected chi connectivity index (χ2v) is 9.16. The van der Waals surface area contributed by atoms with Crippen molar-refractivity contribution >= 4 is 44.9 Å². The van der Waals surface area contributed by atoms with Crippen LogP contribution < -0.4 is 16.0 Å². The van der Waals surface area contributed by atoms with Gasteiger partial charge in [0.2, 0.25) is 5.95 Å². The Labute approximate surface area is 191 Å². The summed E-state index contributed by atoms with van der Waals surface area (Å²) in [4.78, 5) is 24.6. The fourth-order valence-electron chi connectivity index (χ4n) is 3.83. The van der Waals surface area contributed by atoms with Crippen LogP contribution in [-0.4, -0.2) is 66.6 Å². The Balaban J connectivity index is 1.47. The van der Waals surface area contributed by atoms with Crippen LogP contribution >= 0.6 is 22.9 Å². The Bertz CT molecular complexity index is 1070. The predicted molar refractivity (Wildman–Crippen MR) is 128 cm³/mol. The van der Waals surface area contributed by atoms with E-state index in [0.717, 1.165) is 54.1 Å². The Morgan fingerprint density at radius 1 is 1.42 bits per heavy atom. The molecule has 0 unspecified atom stereocenters. The predicted octanol–water partition coefficient (Wildman–Crippen LogP) is 3.47. The number of fused-ring (bicyclic) bond motifs is 1. The lowest BCUT2D eigenvalue weighted by Gasteiger charge is -2.33. The highest BCUT2D eigenvalue weighted by Crippen LogP contribution is 2.37. The fraction of sp³-hybridized carbons (Fsp3) is 0.409. The number of rotatable bonds is 7. The third kappa shape index (κ3) is 4.98. The molecule has 1 aromatic carbocycles. The van der Waals surface area contributed by atoms with Gasteiger partial charge in [-0.05, 0) is 31.5 Å². The summed E-state index contributed by atoms with van der Waals surface area (Å²) in [5, 5.41) is 10.8. The normalized spacial score (nSPS) is 17.1. The second-order valence-electron chi connectivity index (χ2n) is 7.67. The van der Waals surface area contributed by atoms with Gasteiger partial charge in [-0.2, -0.15) is 0 Å². The van der Waals surface area contributed by atoms with Crippen molar-refractivity contribution < 1.29 is 4.79 Å². The number of hydrogen-bond acceptors (Lipinski definition) is 7. The lowest BCUT2D eigenvalue weighted by atomic mass is 10.1. The van der Waals surface area contributed by atoms with Crippen LogP contribution in [0.5, 0.6) is 0 Å². The number of thiophene rings is 1. The molecule has 0 aliphatic carbocycles. The highest BCUT2D eigenvalue weighted by molar-refractivity contribution is 7.22. The molecule has 3 N–H and O–H groups in total. The summed E-state index contributed by atoms with van der Waals surface area (Å²) in [5.74, 6) is 0.460. The zero-order valence-corrected chi connectivity index (χ0v) is 19.3. The first-order valence-corrected chi connectivity index (χ1v) is 11.7. The van der Waals surface area contributed by atoms with E-state index in [1.165, 1.54) is 0 Å². The molecule has 31 heavy (non-hydrogen) atoms. The highest BCUT2D eigenvalue weighted by atomic mass is 35.5. The summed E-state index contributed by atoms with van der Waals surface area (Å²) in [6.45, 7) is 7.30. The average molecular weight is 459 g/mol. The summed E-state index contributed by atoms with van der Waals surface area (Å²) in [6, 6.07) is 8.27. The molecular weight excluding hydrogens is 432 g/mol. The second kappa shape index (κ2) is 9.91. The van der Waals surface area contributed by atoms with Gasteiger partial charge in [-0.25, -0.2) is 9.97 Å². The molecule has 0 spiro atoms. The van der Waals surface area contributed by atoms with Gasteiger partial charge < -0.3 is 16.0 Å². The molecule has 1 saturated heterocycles. The summed E-state index contributed by atoms with van der Waals surface area (Å²) in [6.07, 6.45) is 2.65. The van der Waals surface area contributed by atoms with Crippen LogP contribution in [0.15, 0.2) is 30.5 Å². The van der Waals surface area contributed by atoms with Gasteiger partial charge in [0.05, 0.1) is 16.1 Å². The molecule has 4 rings (SSSR count). The summed E-state index contributed by atoms with van der Waals surface area (Å²) < 4.78 is 1.02. The van der Waals surface area contributed by atoms with Crippen LogP contribution in [0.3, 0.4) is 0 Å². The van der Waals surface area contributed by atoms with Crippen molar-refractivity contribution in [2.75, 3.05) is 45.1 Å². The van der Waals surface area contributed by atoms with Crippen LogP contribution in [-0.2, 0) is 0 Å². The molecule has 1 atom stereocenters. The molecule has 7 nitrogen and oxygen atoms in total. The van der Waals surface area contributed by atoms with Gasteiger partial charge in [0.25, 0.3) is 5.91 Å². The molecule has 0 radical (unpaired) electrons. The molecule has 2 aromatic heterocycles. The first-order chi connectivity index (χ1) is 15.1. The van der Waals surface area contributed by atoms with Crippen molar-refractivity contribution in [3.05, 3.63) is 41.0 Å². The van der Waals surface area contributed by atoms with Crippen molar-refractivity contribution in [2.45, 2.75) is 19.4 Å². The van der Waals surface area contributed by atoms with Gasteiger partial charge in [0.15, 0.2) is 0 Å². The number of aromatic nitrogens is 2. The van der Waals surface area contributed by atoms with Gasteiger partial charge in [-0.3, -0.25) is 9.69 Å². The Morgan fingerprint density at radius 2 is 2.29 bits per heavy atom. The summed E-state index contributed by atoms with van der Waals surface area (Å²) in [5.41, 5.74) is 1.33. The average Bonchev–Trinajstić information content (AvgIpc) is 3.22. The standard InChI is InChI=1S/C22H27ClN6OS/c1-14-12-25-8-10-29(14)9-4-7-26-22-27-13-17(23)20(28-22)19-11-16-15(21(30)24-2)5-3-6-18(16)31-19/h3,5-6,11,13-14,25H,4,7-10,12H2,1-2H3,(H,24,30)(H,26,27,28)/t14-/m1/s1. The quantitative estimate of drug-likeness (QED) is 0.470. The third-order valence-corrected chi connectivity index (χ3v) is 6.94. The SMILES string of the molecule is CNC(=O)c1cccc2sc(-c3nc(NCCCN4CCNC[C@H]4C)ncc3Cl)cc12. The number of amides is 1. The zero-order valence-electron chi connectivity index (χ0n) is 17.7. The van der Waals surface area contributed by atoms with E-state index in [2.05, 4.69) is 37.7 Å². The Kier molecular flexibility index (Phi) is 7.02. The number of nitrogens with zero attached hydrogens (tertiary/aromatic N) is 3. The Hall–Kier alpha value is -2.26. The number of anilines is 1. The first kappa shape index (κ1) is 22.0. The number of halogens is 1. The lowest BCUT2D eigenvalue weighted by molar-refractivity contribution is 0.0965. The minimum atomic E-state index is -0.107. The fourth-order valence-corrected chi connectivity index (χ4v) is 5.17. The molecule has 0 saturated carbocycles. The van der Waals surface area contributed by atoms with Crippen LogP contribution in [0, 0.1) is 0 Å². The van der Waals surface area contributed by atoms with Gasteiger partial charge in [-0.15, -0.1) is 11.3 Å². The van der Waals surface area contributed by atoms with Crippen molar-refractivity contribution in [3.63, 3.8) is 0 Å². The topological polar surface area (TPSA) is 82.2 Å². The van der Waals surface area contributed by atoms with Gasteiger partial charge in [-0.1, -0.05) is 17.7 Å². The lowest BCUT2D eigenvalue weighted by Crippen LogP contribution is -2.50. The number of nitrogens with one attached hydrogen (secondary N) is 3. The molecular formula is C22H27ClN6OS. The van der Waals surface area contributed by atoms with Crippen LogP contribution in [0.25, 0.3) is 20.7 Å². The smallest absolute Gasteiger partial charge is 0.251 e. The van der Waals surface area contributed by atoms with E-state index in [9.17, 15) is 4.79 Å². The summed E-state index contributed by atoms with van der Waals surface area (Å²) in [7, 11) is 1.64. The maximum atomic E-state index is 12.2. The minimum Gasteiger partial charge on any atom is -0.355 e. The zero-order chi connectivity index (χ0) is 21.8. The molecule has 164 valence electrons. The van der Waals surface area contributed by atoms with Gasteiger partial charge in [0.1, 0.15) is 5.69 Å². The number of carbonyl (C=O) groups is 1. The number of piperazine rings is 1. The maximum absolute atomic E-state index is 12.2. The third-order valence-electron chi connectivity index (χ3n) is 5.55. The van der Waals surface area contributed by atoms with Crippen molar-refractivity contribution in [2.24, 2.45) is 0 Å². The van der Waals surface area contributed by atoms with Crippen molar-refractivity contribution in [3.8, 4) is 10.6 Å². The molecule has 1 aliphatic rings. The van der Waals surface area contributed by atoms with E-state index in [1.807, 2.05) is 24.3 Å². The van der Waals surface area contributed by atoms with Crippen molar-refractivity contribution in [1.82, 2.24) is 25.5 Å². The van der Waals surface area contributed by atoms with Gasteiger partial charge >= 0.3 is 0 Å². The first-order valence-electron chi connectivity index (χ1n) is 10.5. The highest BCUT2D eigenvalue weighted by Gasteiger charge is 2.17. The molecule has 3 heterocycles. The van der Waals surface area contributed by atoms with Crippen LogP contribution in [0.4, 0.5) is 5.95 Å². The summed E-state index contributed by atoms with van der Waals surface area (Å²) >= 11 is 8.00. The number of hydrogen-bond donors (Lipinski definition) is 3. The molecule has 1 fully saturated rings. The molecule has 9 heteroatoms. The van der Waals surface area contributed by atoms with E-state index < -0.39 is 0 Å². The minimum absolute atomic E-state index is 0.107. The molecule has 0 bridgehead atoms. The van der Waals surface area contributed by atoms with Crippen molar-refractivity contribution in [1.29, 1.82) is 0 Å². The van der Waals surface area contributed by atoms with E-state index in [1.54, 1.807) is 24.6 Å². The van der Waals surface area contributed by atoms with E-state index in [0.29, 0.717) is 28.3 Å². The maximum Gasteiger partial charge on any atom is 0.251 e. The number of carbonyl (C=O) groups excluding carboxylic acids is 1. The van der Waals surface area contributed by atoms with E-state index >= 15 is 0 Å². The monoisotopic (exact) mass is 458 g/mol. The van der Waals surface area contributed by atoms with Crippen LogP contribution in [0.1, 0.15) is 23.7 Å². The largest absolute Gasteiger partial charge is 0.355 e. The van der Waals surface area contributed by atoms with Crippen LogP contribution in [0.2, 0.25) is 5.02 Å². The number of benzene rings is 1. The van der Waals surface area contributed by atoms with E-state index in [4.69, 9.17) is 11.6 Å². The van der Waals surface area contributed by atoms with Gasteiger partial charge in [0, 0.05) is 61.5 Å². The van der Waals surface area contributed by atoms with E-state index in [-0.39, 0.29) is 5.91 Å². The molecule has 1 aliphatic heterocycles. The Morgan fingerprint density at radius 3 is 3.10 bits per heavy atom.